The first kappa shape index (κ1) is 14.0. The van der Waals surface area contributed by atoms with Gasteiger partial charge >= 0.3 is 5.97 Å². The van der Waals surface area contributed by atoms with E-state index in [-0.39, 0.29) is 0 Å². The van der Waals surface area contributed by atoms with Gasteiger partial charge in [0, 0.05) is 13.1 Å². The molecule has 1 aromatic carbocycles. The molecule has 0 saturated carbocycles. The summed E-state index contributed by atoms with van der Waals surface area (Å²) in [7, 11) is 0. The highest BCUT2D eigenvalue weighted by molar-refractivity contribution is 5.78. The van der Waals surface area contributed by atoms with Crippen molar-refractivity contribution in [3.8, 4) is 0 Å². The number of carbonyl (C=O) groups is 1. The van der Waals surface area contributed by atoms with E-state index in [1.165, 1.54) is 11.1 Å². The van der Waals surface area contributed by atoms with Crippen LogP contribution in [0.5, 0.6) is 0 Å². The van der Waals surface area contributed by atoms with Crippen molar-refractivity contribution in [2.24, 2.45) is 5.73 Å². The lowest BCUT2D eigenvalue weighted by Crippen LogP contribution is -2.47. The molecule has 0 fully saturated rings. The Labute approximate surface area is 114 Å². The smallest absolute Gasteiger partial charge is 0.323 e. The maximum atomic E-state index is 11.1. The molecule has 3 N–H and O–H groups in total. The van der Waals surface area contributed by atoms with E-state index >= 15 is 0 Å². The van der Waals surface area contributed by atoms with Crippen molar-refractivity contribution in [1.29, 1.82) is 0 Å². The third kappa shape index (κ3) is 3.14. The van der Waals surface area contributed by atoms with Gasteiger partial charge in [-0.3, -0.25) is 9.69 Å². The Morgan fingerprint density at radius 3 is 2.42 bits per heavy atom. The van der Waals surface area contributed by atoms with E-state index in [9.17, 15) is 4.79 Å². The van der Waals surface area contributed by atoms with Crippen molar-refractivity contribution in [1.82, 2.24) is 4.90 Å². The van der Waals surface area contributed by atoms with Gasteiger partial charge in [0.15, 0.2) is 0 Å². The number of nitrogens with zero attached hydrogens (tertiary/aromatic N) is 1. The highest BCUT2D eigenvalue weighted by atomic mass is 16.4. The minimum absolute atomic E-state index is 0.475. The molecule has 1 heterocycles. The molecule has 1 aliphatic heterocycles. The highest BCUT2D eigenvalue weighted by Gasteiger charge is 2.31. The van der Waals surface area contributed by atoms with Crippen LogP contribution in [-0.4, -0.2) is 28.1 Å². The highest BCUT2D eigenvalue weighted by Crippen LogP contribution is 2.23. The summed E-state index contributed by atoms with van der Waals surface area (Å²) in [6, 6.07) is 8.45. The second-order valence-corrected chi connectivity index (χ2v) is 5.40. The molecule has 2 rings (SSSR count). The van der Waals surface area contributed by atoms with Gasteiger partial charge in [-0.1, -0.05) is 31.2 Å². The molecule has 0 amide bonds. The summed E-state index contributed by atoms with van der Waals surface area (Å²) in [5, 5.41) is 9.13. The minimum Gasteiger partial charge on any atom is -0.480 e. The number of aliphatic carboxylic acids is 1. The average molecular weight is 262 g/mol. The molecule has 1 unspecified atom stereocenters. The van der Waals surface area contributed by atoms with Crippen LogP contribution in [0.15, 0.2) is 24.3 Å². The molecule has 1 aliphatic rings. The fourth-order valence-corrected chi connectivity index (χ4v) is 2.61. The van der Waals surface area contributed by atoms with Crippen LogP contribution in [0.2, 0.25) is 0 Å². The van der Waals surface area contributed by atoms with Crippen LogP contribution < -0.4 is 5.73 Å². The summed E-state index contributed by atoms with van der Waals surface area (Å²) in [6.07, 6.45) is 1.83. The predicted molar refractivity (Wildman–Crippen MR) is 74.6 cm³/mol. The summed E-state index contributed by atoms with van der Waals surface area (Å²) in [6.45, 7) is 4.67. The Balaban J connectivity index is 1.81. The number of rotatable bonds is 6. The first-order chi connectivity index (χ1) is 9.05. The zero-order chi connectivity index (χ0) is 13.9. The van der Waals surface area contributed by atoms with Crippen LogP contribution in [-0.2, 0) is 17.9 Å². The molecular weight excluding hydrogens is 240 g/mol. The standard InChI is InChI=1S/C15H22N2O2/c1-2-15(16,14(18)19)8-5-9-17-10-12-6-3-4-7-13(12)11-17/h3-4,6-7H,2,5,8-11,16H2,1H3,(H,18,19). The second kappa shape index (κ2) is 5.72. The van der Waals surface area contributed by atoms with Crippen LogP contribution >= 0.6 is 0 Å². The van der Waals surface area contributed by atoms with Crippen molar-refractivity contribution in [2.45, 2.75) is 44.8 Å². The predicted octanol–water partition coefficient (Wildman–Crippen LogP) is 1.97. The van der Waals surface area contributed by atoms with E-state index in [0.29, 0.717) is 12.8 Å². The first-order valence-corrected chi connectivity index (χ1v) is 6.86. The molecule has 0 saturated heterocycles. The monoisotopic (exact) mass is 262 g/mol. The van der Waals surface area contributed by atoms with Crippen LogP contribution in [0, 0.1) is 0 Å². The number of fused-ring (bicyclic) bond motifs is 1. The Hall–Kier alpha value is -1.39. The van der Waals surface area contributed by atoms with Crippen LogP contribution in [0.25, 0.3) is 0 Å². The van der Waals surface area contributed by atoms with Gasteiger partial charge in [0.2, 0.25) is 0 Å². The largest absolute Gasteiger partial charge is 0.480 e. The van der Waals surface area contributed by atoms with Crippen molar-refractivity contribution in [3.05, 3.63) is 35.4 Å². The van der Waals surface area contributed by atoms with E-state index in [1.54, 1.807) is 0 Å². The number of carboxylic acid groups (broad SMARTS) is 1. The molecule has 4 nitrogen and oxygen atoms in total. The van der Waals surface area contributed by atoms with Gasteiger partial charge in [0.1, 0.15) is 5.54 Å². The molecule has 0 bridgehead atoms. The van der Waals surface area contributed by atoms with Gasteiger partial charge in [-0.05, 0) is 36.9 Å². The van der Waals surface area contributed by atoms with Crippen molar-refractivity contribution in [2.75, 3.05) is 6.54 Å². The fraction of sp³-hybridized carbons (Fsp3) is 0.533. The van der Waals surface area contributed by atoms with Crippen LogP contribution in [0.1, 0.15) is 37.3 Å². The van der Waals surface area contributed by atoms with E-state index in [0.717, 1.165) is 26.1 Å². The van der Waals surface area contributed by atoms with E-state index in [2.05, 4.69) is 29.2 Å². The van der Waals surface area contributed by atoms with Gasteiger partial charge in [0.25, 0.3) is 0 Å². The Morgan fingerprint density at radius 2 is 1.95 bits per heavy atom. The molecule has 104 valence electrons. The van der Waals surface area contributed by atoms with Gasteiger partial charge in [-0.25, -0.2) is 0 Å². The third-order valence-electron chi connectivity index (χ3n) is 4.06. The molecule has 0 aliphatic carbocycles. The molecular formula is C15H22N2O2. The van der Waals surface area contributed by atoms with E-state index in [1.807, 2.05) is 6.92 Å². The number of nitrogens with two attached hydrogens (primary N) is 1. The summed E-state index contributed by atoms with van der Waals surface area (Å²) < 4.78 is 0. The maximum absolute atomic E-state index is 11.1. The Kier molecular flexibility index (Phi) is 4.22. The van der Waals surface area contributed by atoms with Gasteiger partial charge in [-0.15, -0.1) is 0 Å². The minimum atomic E-state index is -1.06. The zero-order valence-electron chi connectivity index (χ0n) is 11.4. The lowest BCUT2D eigenvalue weighted by Gasteiger charge is -2.24. The number of benzene rings is 1. The topological polar surface area (TPSA) is 66.6 Å². The Bertz CT molecular complexity index is 436. The third-order valence-corrected chi connectivity index (χ3v) is 4.06. The van der Waals surface area contributed by atoms with Crippen LogP contribution in [0.4, 0.5) is 0 Å². The van der Waals surface area contributed by atoms with E-state index in [4.69, 9.17) is 10.8 Å². The molecule has 1 aromatic rings. The first-order valence-electron chi connectivity index (χ1n) is 6.86. The molecule has 4 heteroatoms. The fourth-order valence-electron chi connectivity index (χ4n) is 2.61. The lowest BCUT2D eigenvalue weighted by molar-refractivity contribution is -0.143. The SMILES string of the molecule is CCC(N)(CCCN1Cc2ccccc2C1)C(=O)O. The zero-order valence-corrected chi connectivity index (χ0v) is 11.4. The summed E-state index contributed by atoms with van der Waals surface area (Å²) in [5.41, 5.74) is 7.60. The molecule has 19 heavy (non-hydrogen) atoms. The average Bonchev–Trinajstić information content (AvgIpc) is 2.80. The van der Waals surface area contributed by atoms with Crippen molar-refractivity contribution in [3.63, 3.8) is 0 Å². The van der Waals surface area contributed by atoms with Gasteiger partial charge in [-0.2, -0.15) is 0 Å². The van der Waals surface area contributed by atoms with Gasteiger partial charge < -0.3 is 10.8 Å². The summed E-state index contributed by atoms with van der Waals surface area (Å²) in [4.78, 5) is 13.5. The molecule has 0 spiro atoms. The maximum Gasteiger partial charge on any atom is 0.323 e. The normalized spacial score (nSPS) is 18.0. The number of hydrogen-bond acceptors (Lipinski definition) is 3. The number of carboxylic acids is 1. The van der Waals surface area contributed by atoms with Crippen molar-refractivity contribution < 1.29 is 9.90 Å². The van der Waals surface area contributed by atoms with Gasteiger partial charge in [0.05, 0.1) is 0 Å². The summed E-state index contributed by atoms with van der Waals surface area (Å²) >= 11 is 0. The van der Waals surface area contributed by atoms with E-state index < -0.39 is 11.5 Å². The lowest BCUT2D eigenvalue weighted by atomic mass is 9.92. The summed E-state index contributed by atoms with van der Waals surface area (Å²) in [5.74, 6) is -0.889. The molecule has 0 aromatic heterocycles. The number of hydrogen-bond donors (Lipinski definition) is 2. The quantitative estimate of drug-likeness (QED) is 0.822. The molecule has 1 atom stereocenters. The van der Waals surface area contributed by atoms with Crippen molar-refractivity contribution >= 4 is 5.97 Å². The van der Waals surface area contributed by atoms with Crippen LogP contribution in [0.3, 0.4) is 0 Å². The molecule has 0 radical (unpaired) electrons. The second-order valence-electron chi connectivity index (χ2n) is 5.40. The Morgan fingerprint density at radius 1 is 1.37 bits per heavy atom.